The van der Waals surface area contributed by atoms with E-state index in [9.17, 15) is 9.59 Å². The number of carbonyl (C=O) groups excluding carboxylic acids is 2. The molecule has 1 aliphatic rings. The molecular formula is C26H40O6. The van der Waals surface area contributed by atoms with Gasteiger partial charge in [0, 0.05) is 0 Å². The van der Waals surface area contributed by atoms with Crippen molar-refractivity contribution >= 4 is 11.9 Å². The number of ether oxygens (including phenoxy) is 4. The molecule has 0 aliphatic carbocycles. The van der Waals surface area contributed by atoms with Crippen molar-refractivity contribution < 1.29 is 28.5 Å². The monoisotopic (exact) mass is 448 g/mol. The molecule has 6 nitrogen and oxygen atoms in total. The summed E-state index contributed by atoms with van der Waals surface area (Å²) in [6.07, 6.45) is 3.30. The van der Waals surface area contributed by atoms with Crippen LogP contribution in [0.25, 0.3) is 0 Å². The van der Waals surface area contributed by atoms with Gasteiger partial charge in [-0.05, 0) is 48.6 Å². The normalized spacial score (nSPS) is 18.2. The molecule has 0 saturated heterocycles. The van der Waals surface area contributed by atoms with Gasteiger partial charge in [-0.1, -0.05) is 66.5 Å². The van der Waals surface area contributed by atoms with E-state index in [0.29, 0.717) is 11.5 Å². The predicted octanol–water partition coefficient (Wildman–Crippen LogP) is 5.71. The van der Waals surface area contributed by atoms with Gasteiger partial charge in [0.05, 0.1) is 13.2 Å². The highest BCUT2D eigenvalue weighted by Crippen LogP contribution is 2.35. The Morgan fingerprint density at radius 1 is 0.750 bits per heavy atom. The fourth-order valence-corrected chi connectivity index (χ4v) is 4.01. The highest BCUT2D eigenvalue weighted by atomic mass is 16.6. The Labute approximate surface area is 193 Å². The standard InChI is InChI=1S/C26H40O6/c1-7-13-25(3,4)15-17-29-23(27)21-22(32-20-12-10-9-11-19(20)31-21)24(28)30-18-16-26(5,6)14-8-2/h9-12,21-22H,7-8,13-18H2,1-6H3. The van der Waals surface area contributed by atoms with Crippen LogP contribution in [0, 0.1) is 10.8 Å². The molecule has 180 valence electrons. The third-order valence-electron chi connectivity index (χ3n) is 6.00. The van der Waals surface area contributed by atoms with E-state index in [2.05, 4.69) is 41.5 Å². The molecular weight excluding hydrogens is 408 g/mol. The molecule has 6 heteroatoms. The van der Waals surface area contributed by atoms with Crippen molar-refractivity contribution in [1.82, 2.24) is 0 Å². The minimum atomic E-state index is -1.20. The second-order valence-electron chi connectivity index (χ2n) is 10.2. The van der Waals surface area contributed by atoms with Crippen LogP contribution in [0.1, 0.15) is 80.1 Å². The number of esters is 2. The molecule has 1 heterocycles. The molecule has 0 N–H and O–H groups in total. The summed E-state index contributed by atoms with van der Waals surface area (Å²) in [5.41, 5.74) is 0.157. The molecule has 0 fully saturated rings. The van der Waals surface area contributed by atoms with Gasteiger partial charge < -0.3 is 18.9 Å². The van der Waals surface area contributed by atoms with Crippen LogP contribution in [-0.2, 0) is 19.1 Å². The molecule has 2 unspecified atom stereocenters. The van der Waals surface area contributed by atoms with Gasteiger partial charge in [0.1, 0.15) is 0 Å². The van der Waals surface area contributed by atoms with Crippen molar-refractivity contribution in [1.29, 1.82) is 0 Å². The van der Waals surface area contributed by atoms with Crippen molar-refractivity contribution in [3.05, 3.63) is 24.3 Å². The van der Waals surface area contributed by atoms with Gasteiger partial charge >= 0.3 is 11.9 Å². The van der Waals surface area contributed by atoms with E-state index in [1.807, 2.05) is 0 Å². The number of carbonyl (C=O) groups is 2. The summed E-state index contributed by atoms with van der Waals surface area (Å²) in [4.78, 5) is 25.7. The van der Waals surface area contributed by atoms with Crippen LogP contribution < -0.4 is 9.47 Å². The molecule has 0 radical (unpaired) electrons. The molecule has 1 aromatic carbocycles. The van der Waals surface area contributed by atoms with Gasteiger partial charge in [-0.25, -0.2) is 9.59 Å². The summed E-state index contributed by atoms with van der Waals surface area (Å²) in [7, 11) is 0. The highest BCUT2D eigenvalue weighted by molar-refractivity contribution is 5.87. The van der Waals surface area contributed by atoms with Gasteiger partial charge in [-0.2, -0.15) is 0 Å². The van der Waals surface area contributed by atoms with Crippen molar-refractivity contribution in [3.63, 3.8) is 0 Å². The lowest BCUT2D eigenvalue weighted by Gasteiger charge is -2.32. The maximum atomic E-state index is 12.8. The van der Waals surface area contributed by atoms with Crippen LogP contribution in [0.5, 0.6) is 11.5 Å². The van der Waals surface area contributed by atoms with Crippen LogP contribution in [0.4, 0.5) is 0 Å². The van der Waals surface area contributed by atoms with Gasteiger partial charge in [-0.15, -0.1) is 0 Å². The molecule has 1 aromatic rings. The molecule has 2 atom stereocenters. The fourth-order valence-electron chi connectivity index (χ4n) is 4.01. The second-order valence-corrected chi connectivity index (χ2v) is 10.2. The number of hydrogen-bond acceptors (Lipinski definition) is 6. The molecule has 1 aliphatic heterocycles. The zero-order valence-electron chi connectivity index (χ0n) is 20.6. The number of benzene rings is 1. The second kappa shape index (κ2) is 11.6. The first-order valence-electron chi connectivity index (χ1n) is 11.8. The molecule has 0 spiro atoms. The molecule has 0 amide bonds. The van der Waals surface area contributed by atoms with E-state index >= 15 is 0 Å². The van der Waals surface area contributed by atoms with Crippen molar-refractivity contribution in [2.24, 2.45) is 10.8 Å². The van der Waals surface area contributed by atoms with Crippen molar-refractivity contribution in [2.75, 3.05) is 13.2 Å². The van der Waals surface area contributed by atoms with Crippen molar-refractivity contribution in [2.45, 2.75) is 92.3 Å². The van der Waals surface area contributed by atoms with E-state index in [-0.39, 0.29) is 24.0 Å². The number of rotatable bonds is 12. The van der Waals surface area contributed by atoms with E-state index in [0.717, 1.165) is 38.5 Å². The van der Waals surface area contributed by atoms with E-state index < -0.39 is 24.1 Å². The van der Waals surface area contributed by atoms with Crippen LogP contribution in [0.3, 0.4) is 0 Å². The average Bonchev–Trinajstić information content (AvgIpc) is 2.72. The van der Waals surface area contributed by atoms with Crippen LogP contribution in [-0.4, -0.2) is 37.4 Å². The Kier molecular flexibility index (Phi) is 9.41. The highest BCUT2D eigenvalue weighted by Gasteiger charge is 2.44. The van der Waals surface area contributed by atoms with E-state index in [1.54, 1.807) is 24.3 Å². The maximum Gasteiger partial charge on any atom is 0.351 e. The minimum absolute atomic E-state index is 0.0785. The first-order valence-corrected chi connectivity index (χ1v) is 11.8. The van der Waals surface area contributed by atoms with E-state index in [1.165, 1.54) is 0 Å². The Balaban J connectivity index is 2.03. The van der Waals surface area contributed by atoms with Crippen LogP contribution in [0.2, 0.25) is 0 Å². The fraction of sp³-hybridized carbons (Fsp3) is 0.692. The molecule has 0 saturated carbocycles. The zero-order chi connectivity index (χ0) is 23.8. The quantitative estimate of drug-likeness (QED) is 0.381. The summed E-state index contributed by atoms with van der Waals surface area (Å²) >= 11 is 0. The Bertz CT molecular complexity index is 691. The average molecular weight is 449 g/mol. The lowest BCUT2D eigenvalue weighted by atomic mass is 9.85. The van der Waals surface area contributed by atoms with Gasteiger partial charge in [-0.3, -0.25) is 0 Å². The number of hydrogen-bond donors (Lipinski definition) is 0. The molecule has 0 aromatic heterocycles. The van der Waals surface area contributed by atoms with E-state index in [4.69, 9.17) is 18.9 Å². The lowest BCUT2D eigenvalue weighted by molar-refractivity contribution is -0.172. The SMILES string of the molecule is CCCC(C)(C)CCOC(=O)C1Oc2ccccc2OC1C(=O)OCCC(C)(C)CCC. The first-order chi connectivity index (χ1) is 15.1. The van der Waals surface area contributed by atoms with Crippen molar-refractivity contribution in [3.8, 4) is 11.5 Å². The molecule has 0 bridgehead atoms. The predicted molar refractivity (Wildman–Crippen MR) is 124 cm³/mol. The zero-order valence-corrected chi connectivity index (χ0v) is 20.6. The summed E-state index contributed by atoms with van der Waals surface area (Å²) in [6, 6.07) is 6.97. The smallest absolute Gasteiger partial charge is 0.351 e. The lowest BCUT2D eigenvalue weighted by Crippen LogP contribution is -2.51. The molecule has 2 rings (SSSR count). The van der Waals surface area contributed by atoms with Gasteiger partial charge in [0.15, 0.2) is 11.5 Å². The van der Waals surface area contributed by atoms with Gasteiger partial charge in [0.2, 0.25) is 12.2 Å². The van der Waals surface area contributed by atoms with Gasteiger partial charge in [0.25, 0.3) is 0 Å². The first kappa shape index (κ1) is 26.0. The summed E-state index contributed by atoms with van der Waals surface area (Å²) in [5.74, 6) is -0.400. The number of para-hydroxylation sites is 2. The minimum Gasteiger partial charge on any atom is -0.470 e. The largest absolute Gasteiger partial charge is 0.470 e. The number of fused-ring (bicyclic) bond motifs is 1. The van der Waals surface area contributed by atoms with Crippen LogP contribution >= 0.6 is 0 Å². The third-order valence-corrected chi connectivity index (χ3v) is 6.00. The Morgan fingerprint density at radius 3 is 1.47 bits per heavy atom. The third kappa shape index (κ3) is 7.72. The summed E-state index contributed by atoms with van der Waals surface area (Å²) in [6.45, 7) is 13.4. The summed E-state index contributed by atoms with van der Waals surface area (Å²) < 4.78 is 22.7. The Morgan fingerprint density at radius 2 is 1.12 bits per heavy atom. The molecule has 32 heavy (non-hydrogen) atoms. The maximum absolute atomic E-state index is 12.8. The van der Waals surface area contributed by atoms with Crippen LogP contribution in [0.15, 0.2) is 24.3 Å². The Hall–Kier alpha value is -2.24. The summed E-state index contributed by atoms with van der Waals surface area (Å²) in [5, 5.41) is 0. The topological polar surface area (TPSA) is 71.1 Å².